The lowest BCUT2D eigenvalue weighted by atomic mass is 9.97. The van der Waals surface area contributed by atoms with Crippen LogP contribution in [-0.2, 0) is 4.79 Å². The number of hydrogen-bond donors (Lipinski definition) is 2. The molecule has 192 valence electrons. The number of ether oxygens (including phenoxy) is 2. The van der Waals surface area contributed by atoms with Crippen LogP contribution >= 0.6 is 11.6 Å². The lowest BCUT2D eigenvalue weighted by molar-refractivity contribution is -0.137. The quantitative estimate of drug-likeness (QED) is 0.301. The molecule has 0 aliphatic carbocycles. The molecule has 0 saturated carbocycles. The van der Waals surface area contributed by atoms with Crippen molar-refractivity contribution in [3.63, 3.8) is 0 Å². The smallest absolute Gasteiger partial charge is 0.303 e. The van der Waals surface area contributed by atoms with Gasteiger partial charge in [0.15, 0.2) is 0 Å². The number of nitrogens with zero attached hydrogens (tertiary/aromatic N) is 3. The number of carboxylic acids is 1. The molecule has 10 heteroatoms. The van der Waals surface area contributed by atoms with Gasteiger partial charge in [0.2, 0.25) is 11.7 Å². The van der Waals surface area contributed by atoms with E-state index in [0.717, 1.165) is 10.9 Å². The Hall–Kier alpha value is -3.69. The number of carboxylic acid groups (broad SMARTS) is 1. The number of aromatic nitrogens is 3. The van der Waals surface area contributed by atoms with E-state index in [4.69, 9.17) is 35.7 Å². The van der Waals surface area contributed by atoms with Gasteiger partial charge < -0.3 is 24.4 Å². The van der Waals surface area contributed by atoms with Gasteiger partial charge in [0.25, 0.3) is 5.89 Å². The van der Waals surface area contributed by atoms with Crippen LogP contribution in [0.15, 0.2) is 47.0 Å². The monoisotopic (exact) mass is 522 g/mol. The number of fused-ring (bicyclic) bond motifs is 2. The number of benzene rings is 2. The second-order valence-corrected chi connectivity index (χ2v) is 9.51. The molecule has 0 spiro atoms. The second-order valence-electron chi connectivity index (χ2n) is 9.10. The molecule has 0 bridgehead atoms. The van der Waals surface area contributed by atoms with Crippen molar-refractivity contribution in [1.29, 1.82) is 0 Å². The molecular formula is C27H27ClN4O5. The maximum absolute atomic E-state index is 11.0. The first-order valence-electron chi connectivity index (χ1n) is 12.2. The summed E-state index contributed by atoms with van der Waals surface area (Å²) >= 11 is 6.46. The Balaban J connectivity index is 1.49. The number of halogens is 1. The van der Waals surface area contributed by atoms with Crippen molar-refractivity contribution >= 4 is 28.5 Å². The molecule has 3 heterocycles. The minimum Gasteiger partial charge on any atom is -0.491 e. The van der Waals surface area contributed by atoms with Gasteiger partial charge in [-0.25, -0.2) is 4.98 Å². The number of pyridine rings is 1. The fourth-order valence-corrected chi connectivity index (χ4v) is 4.66. The Morgan fingerprint density at radius 2 is 2.03 bits per heavy atom. The zero-order valence-electron chi connectivity index (χ0n) is 20.5. The van der Waals surface area contributed by atoms with Gasteiger partial charge in [0.05, 0.1) is 17.2 Å². The molecule has 4 aromatic rings. The highest BCUT2D eigenvalue weighted by Gasteiger charge is 2.25. The van der Waals surface area contributed by atoms with E-state index in [1.807, 2.05) is 50.2 Å². The average molecular weight is 523 g/mol. The summed E-state index contributed by atoms with van der Waals surface area (Å²) in [4.78, 5) is 20.2. The Labute approximate surface area is 218 Å². The Bertz CT molecular complexity index is 1440. The summed E-state index contributed by atoms with van der Waals surface area (Å²) in [6.45, 7) is 4.95. The molecule has 2 N–H and O–H groups in total. The van der Waals surface area contributed by atoms with Crippen LogP contribution in [0.3, 0.4) is 0 Å². The fourth-order valence-electron chi connectivity index (χ4n) is 4.47. The molecule has 1 aliphatic heterocycles. The van der Waals surface area contributed by atoms with E-state index in [2.05, 4.69) is 15.5 Å². The van der Waals surface area contributed by atoms with E-state index in [9.17, 15) is 4.79 Å². The summed E-state index contributed by atoms with van der Waals surface area (Å²) in [7, 11) is 0. The van der Waals surface area contributed by atoms with E-state index in [-0.39, 0.29) is 18.6 Å². The first kappa shape index (κ1) is 25.0. The van der Waals surface area contributed by atoms with E-state index < -0.39 is 5.97 Å². The van der Waals surface area contributed by atoms with Crippen LogP contribution in [0.1, 0.15) is 44.7 Å². The molecule has 1 atom stereocenters. The van der Waals surface area contributed by atoms with Gasteiger partial charge in [-0.15, -0.1) is 0 Å². The van der Waals surface area contributed by atoms with E-state index in [1.54, 1.807) is 6.07 Å². The van der Waals surface area contributed by atoms with Crippen molar-refractivity contribution in [2.75, 3.05) is 13.2 Å². The third kappa shape index (κ3) is 5.38. The number of hydrogen-bond acceptors (Lipinski definition) is 8. The van der Waals surface area contributed by atoms with Crippen molar-refractivity contribution < 1.29 is 23.9 Å². The summed E-state index contributed by atoms with van der Waals surface area (Å²) in [5, 5.41) is 17.9. The van der Waals surface area contributed by atoms with Crippen molar-refractivity contribution in [2.45, 2.75) is 45.3 Å². The number of carbonyl (C=O) groups is 1. The highest BCUT2D eigenvalue weighted by atomic mass is 35.5. The van der Waals surface area contributed by atoms with Crippen molar-refractivity contribution in [2.24, 2.45) is 0 Å². The van der Waals surface area contributed by atoms with Crippen LogP contribution in [0.4, 0.5) is 0 Å². The van der Waals surface area contributed by atoms with Crippen molar-refractivity contribution in [3.05, 3.63) is 53.1 Å². The summed E-state index contributed by atoms with van der Waals surface area (Å²) in [5.41, 5.74) is 3.07. The van der Waals surface area contributed by atoms with Gasteiger partial charge in [-0.05, 0) is 51.0 Å². The Morgan fingerprint density at radius 3 is 2.84 bits per heavy atom. The zero-order chi connectivity index (χ0) is 25.9. The summed E-state index contributed by atoms with van der Waals surface area (Å²) in [5.74, 6) is 0.987. The van der Waals surface area contributed by atoms with Crippen LogP contribution < -0.4 is 14.8 Å². The summed E-state index contributed by atoms with van der Waals surface area (Å²) < 4.78 is 17.5. The molecule has 2 aromatic heterocycles. The number of para-hydroxylation sites is 1. The largest absolute Gasteiger partial charge is 0.491 e. The van der Waals surface area contributed by atoms with Crippen LogP contribution in [0.2, 0.25) is 5.02 Å². The topological polar surface area (TPSA) is 120 Å². The van der Waals surface area contributed by atoms with E-state index in [1.165, 1.54) is 0 Å². The van der Waals surface area contributed by atoms with Crippen LogP contribution in [0, 0.1) is 0 Å². The summed E-state index contributed by atoms with van der Waals surface area (Å²) in [6, 6.07) is 13.2. The second kappa shape index (κ2) is 10.7. The molecule has 5 rings (SSSR count). The third-order valence-electron chi connectivity index (χ3n) is 6.07. The maximum atomic E-state index is 11.0. The average Bonchev–Trinajstić information content (AvgIpc) is 3.25. The van der Waals surface area contributed by atoms with Gasteiger partial charge in [-0.2, -0.15) is 4.98 Å². The highest BCUT2D eigenvalue weighted by Crippen LogP contribution is 2.39. The molecule has 1 unspecified atom stereocenters. The maximum Gasteiger partial charge on any atom is 0.303 e. The molecule has 37 heavy (non-hydrogen) atoms. The highest BCUT2D eigenvalue weighted by molar-refractivity contribution is 6.32. The van der Waals surface area contributed by atoms with Gasteiger partial charge in [0, 0.05) is 35.5 Å². The first-order valence-corrected chi connectivity index (χ1v) is 12.6. The number of nitrogens with one attached hydrogen (secondary N) is 1. The molecule has 1 aliphatic rings. The lowest BCUT2D eigenvalue weighted by Crippen LogP contribution is -2.23. The van der Waals surface area contributed by atoms with Crippen molar-refractivity contribution in [1.82, 2.24) is 20.4 Å². The third-order valence-corrected chi connectivity index (χ3v) is 6.34. The SMILES string of the molecule is CC(C)Oc1nc2cccc(-c3nc(-c4cccc5c4OCCNC5CCCC(=O)O)no3)c2cc1Cl. The number of aliphatic carboxylic acids is 1. The Morgan fingerprint density at radius 1 is 1.22 bits per heavy atom. The molecule has 0 radical (unpaired) electrons. The molecule has 2 aromatic carbocycles. The minimum absolute atomic E-state index is 0.0308. The normalized spacial score (nSPS) is 15.3. The van der Waals surface area contributed by atoms with Gasteiger partial charge in [0.1, 0.15) is 17.4 Å². The van der Waals surface area contributed by atoms with E-state index in [0.29, 0.717) is 71.0 Å². The predicted molar refractivity (Wildman–Crippen MR) is 139 cm³/mol. The number of rotatable bonds is 8. The predicted octanol–water partition coefficient (Wildman–Crippen LogP) is 5.67. The zero-order valence-corrected chi connectivity index (χ0v) is 21.3. The van der Waals surface area contributed by atoms with Crippen LogP contribution in [0.5, 0.6) is 11.6 Å². The van der Waals surface area contributed by atoms with Crippen molar-refractivity contribution in [3.8, 4) is 34.5 Å². The van der Waals surface area contributed by atoms with Crippen LogP contribution in [0.25, 0.3) is 33.7 Å². The van der Waals surface area contributed by atoms with Gasteiger partial charge in [-0.3, -0.25) is 4.79 Å². The molecule has 0 fully saturated rings. The minimum atomic E-state index is -0.799. The molecule has 9 nitrogen and oxygen atoms in total. The first-order chi connectivity index (χ1) is 17.9. The van der Waals surface area contributed by atoms with Gasteiger partial charge >= 0.3 is 5.97 Å². The molecule has 0 saturated heterocycles. The van der Waals surface area contributed by atoms with E-state index >= 15 is 0 Å². The Kier molecular flexibility index (Phi) is 7.25. The van der Waals surface area contributed by atoms with Crippen LogP contribution in [-0.4, -0.2) is 45.5 Å². The fraction of sp³-hybridized carbons (Fsp3) is 0.333. The molecule has 0 amide bonds. The van der Waals surface area contributed by atoms with Gasteiger partial charge in [-0.1, -0.05) is 35.0 Å². The molecular weight excluding hydrogens is 496 g/mol. The summed E-state index contributed by atoms with van der Waals surface area (Å²) in [6.07, 6.45) is 1.30. The lowest BCUT2D eigenvalue weighted by Gasteiger charge is -2.18. The standard InChI is InChI=1S/C27H27ClN4O5/c1-15(2)36-27-20(28)14-19-16(6-4-10-22(19)30-27)26-31-25(32-37-26)18-8-3-7-17-21(9-5-11-23(33)34)29-12-13-35-24(17)18/h3-4,6-8,10,14-15,21,29H,5,9,11-13H2,1-2H3,(H,33,34).